The third kappa shape index (κ3) is 5.14. The fourth-order valence-electron chi connectivity index (χ4n) is 3.77. The Morgan fingerprint density at radius 2 is 1.91 bits per heavy atom. The fraction of sp³-hybridized carbons (Fsp3) is 0.348. The lowest BCUT2D eigenvalue weighted by atomic mass is 10.0. The van der Waals surface area contributed by atoms with E-state index in [1.807, 2.05) is 13.2 Å². The highest BCUT2D eigenvalue weighted by atomic mass is 32.2. The van der Waals surface area contributed by atoms with E-state index in [0.717, 1.165) is 0 Å². The molecule has 34 heavy (non-hydrogen) atoms. The minimum absolute atomic E-state index is 0.0838. The van der Waals surface area contributed by atoms with Crippen LogP contribution in [0.1, 0.15) is 26.3 Å². The summed E-state index contributed by atoms with van der Waals surface area (Å²) in [6.45, 7) is 4.63. The average molecular weight is 488 g/mol. The number of nitro groups is 1. The minimum atomic E-state index is -0.569. The number of hydrogen-bond donors (Lipinski definition) is 0. The van der Waals surface area contributed by atoms with Crippen LogP contribution in [0.2, 0.25) is 0 Å². The molecule has 3 rings (SSSR count). The molecular weight excluding hydrogens is 462 g/mol. The number of aromatic nitrogens is 1. The van der Waals surface area contributed by atoms with Crippen molar-refractivity contribution in [3.8, 4) is 5.75 Å². The molecule has 0 fully saturated rings. The summed E-state index contributed by atoms with van der Waals surface area (Å²) in [7, 11) is 1.47. The van der Waals surface area contributed by atoms with Gasteiger partial charge in [-0.2, -0.15) is 11.8 Å². The highest BCUT2D eigenvalue weighted by Gasteiger charge is 2.23. The van der Waals surface area contributed by atoms with E-state index in [0.29, 0.717) is 44.6 Å². The molecule has 0 aliphatic heterocycles. The second-order valence-corrected chi connectivity index (χ2v) is 8.51. The van der Waals surface area contributed by atoms with Gasteiger partial charge in [0.1, 0.15) is 18.4 Å². The number of nitrogens with zero attached hydrogens (tertiary/aromatic N) is 3. The summed E-state index contributed by atoms with van der Waals surface area (Å²) in [4.78, 5) is 39.6. The van der Waals surface area contributed by atoms with E-state index in [1.165, 1.54) is 26.2 Å². The lowest BCUT2D eigenvalue weighted by Crippen LogP contribution is -2.21. The maximum atomic E-state index is 12.7. The number of thioether (sulfide) groups is 1. The van der Waals surface area contributed by atoms with Crippen molar-refractivity contribution >= 4 is 56.9 Å². The topological polar surface area (TPSA) is 122 Å². The zero-order valence-electron chi connectivity index (χ0n) is 19.5. The molecule has 1 atom stereocenters. The first-order valence-corrected chi connectivity index (χ1v) is 11.8. The number of non-ortho nitro benzene ring substituents is 1. The Labute approximate surface area is 200 Å². The average Bonchev–Trinajstić information content (AvgIpc) is 3.09. The molecule has 1 aromatic heterocycles. The molecule has 0 spiro atoms. The first-order valence-electron chi connectivity index (χ1n) is 10.4. The van der Waals surface area contributed by atoms with Gasteiger partial charge in [0.2, 0.25) is 0 Å². The number of methoxy groups -OCH3 is 1. The van der Waals surface area contributed by atoms with Crippen LogP contribution in [0.15, 0.2) is 35.5 Å². The second-order valence-electron chi connectivity index (χ2n) is 7.60. The number of carbonyl (C=O) groups is 2. The largest absolute Gasteiger partial charge is 0.495 e. The van der Waals surface area contributed by atoms with Gasteiger partial charge >= 0.3 is 11.9 Å². The molecule has 0 saturated heterocycles. The van der Waals surface area contributed by atoms with Crippen LogP contribution in [0.3, 0.4) is 0 Å². The summed E-state index contributed by atoms with van der Waals surface area (Å²) < 4.78 is 12.9. The number of hydrogen-bond acceptors (Lipinski definition) is 9. The van der Waals surface area contributed by atoms with Crippen LogP contribution in [0.25, 0.3) is 21.8 Å². The van der Waals surface area contributed by atoms with Crippen LogP contribution in [0.4, 0.5) is 5.69 Å². The van der Waals surface area contributed by atoms with Gasteiger partial charge in [0.15, 0.2) is 0 Å². The molecular formula is C23H25N3O7S. The lowest BCUT2D eigenvalue weighted by molar-refractivity contribution is -0.384. The third-order valence-corrected chi connectivity index (χ3v) is 5.91. The molecule has 0 amide bonds. The lowest BCUT2D eigenvalue weighted by Gasteiger charge is -2.14. The molecule has 1 heterocycles. The normalized spacial score (nSPS) is 12.6. The van der Waals surface area contributed by atoms with E-state index in [4.69, 9.17) is 14.3 Å². The number of nitro benzene ring substituents is 1. The Morgan fingerprint density at radius 3 is 2.53 bits per heavy atom. The summed E-state index contributed by atoms with van der Waals surface area (Å²) in [5.41, 5.74) is 2.06. The molecule has 0 bridgehead atoms. The van der Waals surface area contributed by atoms with Crippen molar-refractivity contribution in [1.82, 2.24) is 4.57 Å². The summed E-state index contributed by atoms with van der Waals surface area (Å²) >= 11 is 1.58. The van der Waals surface area contributed by atoms with Crippen molar-refractivity contribution in [3.63, 3.8) is 0 Å². The van der Waals surface area contributed by atoms with Gasteiger partial charge in [0.05, 0.1) is 34.2 Å². The van der Waals surface area contributed by atoms with Gasteiger partial charge in [0, 0.05) is 35.8 Å². The highest BCUT2D eigenvalue weighted by Crippen LogP contribution is 2.39. The Balaban J connectivity index is 2.24. The van der Waals surface area contributed by atoms with Crippen LogP contribution in [-0.2, 0) is 25.7 Å². The number of benzene rings is 2. The van der Waals surface area contributed by atoms with E-state index in [-0.39, 0.29) is 18.3 Å². The summed E-state index contributed by atoms with van der Waals surface area (Å²) in [5, 5.41) is 16.4. The fourth-order valence-corrected chi connectivity index (χ4v) is 4.31. The first kappa shape index (κ1) is 25.0. The molecule has 10 nitrogen and oxygen atoms in total. The molecule has 11 heteroatoms. The van der Waals surface area contributed by atoms with Crippen LogP contribution in [-0.4, -0.2) is 52.4 Å². The first-order chi connectivity index (χ1) is 16.2. The molecule has 0 saturated carbocycles. The van der Waals surface area contributed by atoms with E-state index in [2.05, 4.69) is 5.16 Å². The molecule has 3 aromatic rings. The van der Waals surface area contributed by atoms with Crippen molar-refractivity contribution in [1.29, 1.82) is 0 Å². The smallest absolute Gasteiger partial charge is 0.331 e. The van der Waals surface area contributed by atoms with Gasteiger partial charge in [-0.15, -0.1) is 0 Å². The summed E-state index contributed by atoms with van der Waals surface area (Å²) in [6.07, 6.45) is 1.68. The number of fused-ring (bicyclic) bond motifs is 3. The van der Waals surface area contributed by atoms with Gasteiger partial charge in [-0.3, -0.25) is 14.9 Å². The predicted molar refractivity (Wildman–Crippen MR) is 131 cm³/mol. The monoisotopic (exact) mass is 487 g/mol. The quantitative estimate of drug-likeness (QED) is 0.144. The maximum absolute atomic E-state index is 12.7. The van der Waals surface area contributed by atoms with Crippen LogP contribution < -0.4 is 4.74 Å². The standard InChI is InChI=1S/C23H25N3O7S/c1-13(12-34-5)32-21(28)11-25-19-8-6-16(26(29)30)10-18(19)22-20(25)9-7-17(23(22)31-4)14(2)24-33-15(3)27/h6-10,13H,11-12H2,1-5H3/b24-14+. The van der Waals surface area contributed by atoms with Crippen LogP contribution >= 0.6 is 11.8 Å². The van der Waals surface area contributed by atoms with Gasteiger partial charge in [-0.05, 0) is 38.3 Å². The number of carbonyl (C=O) groups excluding carboxylic acids is 2. The van der Waals surface area contributed by atoms with Gasteiger partial charge in [-0.25, -0.2) is 4.79 Å². The summed E-state index contributed by atoms with van der Waals surface area (Å²) in [6, 6.07) is 7.94. The predicted octanol–water partition coefficient (Wildman–Crippen LogP) is 4.29. The summed E-state index contributed by atoms with van der Waals surface area (Å²) in [5.74, 6) is 0.0675. The minimum Gasteiger partial charge on any atom is -0.495 e. The van der Waals surface area contributed by atoms with Crippen molar-refractivity contribution in [2.75, 3.05) is 19.1 Å². The molecule has 2 aromatic carbocycles. The van der Waals surface area contributed by atoms with E-state index in [1.54, 1.807) is 41.5 Å². The SMILES string of the molecule is COc1c(/C(C)=N/OC(C)=O)ccc2c1c1cc([N+](=O)[O-])ccc1n2CC(=O)OC(C)CSC. The molecule has 0 aliphatic rings. The molecule has 0 radical (unpaired) electrons. The number of esters is 1. The zero-order chi connectivity index (χ0) is 25.0. The molecule has 0 N–H and O–H groups in total. The number of oxime groups is 1. The van der Waals surface area contributed by atoms with E-state index < -0.39 is 16.9 Å². The number of ether oxygens (including phenoxy) is 2. The van der Waals surface area contributed by atoms with Gasteiger partial charge in [-0.1, -0.05) is 5.16 Å². The molecule has 1 unspecified atom stereocenters. The third-order valence-electron chi connectivity index (χ3n) is 5.10. The van der Waals surface area contributed by atoms with Crippen molar-refractivity contribution in [2.45, 2.75) is 33.4 Å². The second kappa shape index (κ2) is 10.6. The van der Waals surface area contributed by atoms with E-state index >= 15 is 0 Å². The van der Waals surface area contributed by atoms with Crippen molar-refractivity contribution in [3.05, 3.63) is 46.0 Å². The Morgan fingerprint density at radius 1 is 1.21 bits per heavy atom. The van der Waals surface area contributed by atoms with Crippen LogP contribution in [0.5, 0.6) is 5.75 Å². The Kier molecular flexibility index (Phi) is 7.77. The van der Waals surface area contributed by atoms with Gasteiger partial charge < -0.3 is 18.9 Å². The zero-order valence-corrected chi connectivity index (χ0v) is 20.3. The van der Waals surface area contributed by atoms with Crippen LogP contribution in [0, 0.1) is 10.1 Å². The number of rotatable bonds is 9. The van der Waals surface area contributed by atoms with Gasteiger partial charge in [0.25, 0.3) is 5.69 Å². The van der Waals surface area contributed by atoms with Crippen molar-refractivity contribution in [2.24, 2.45) is 5.16 Å². The van der Waals surface area contributed by atoms with Crippen molar-refractivity contribution < 1.29 is 28.8 Å². The molecule has 180 valence electrons. The Hall–Kier alpha value is -3.60. The highest BCUT2D eigenvalue weighted by molar-refractivity contribution is 7.98. The Bertz CT molecular complexity index is 1300. The molecule has 0 aliphatic carbocycles. The maximum Gasteiger partial charge on any atom is 0.331 e. The van der Waals surface area contributed by atoms with E-state index in [9.17, 15) is 19.7 Å².